The zero-order chi connectivity index (χ0) is 8.59. The van der Waals surface area contributed by atoms with Crippen LogP contribution >= 0.6 is 38.5 Å². The van der Waals surface area contributed by atoms with Gasteiger partial charge in [-0.3, -0.25) is 0 Å². The maximum Gasteiger partial charge on any atom is 0.175 e. The Bertz CT molecular complexity index is 277. The van der Waals surface area contributed by atoms with Gasteiger partial charge in [0.2, 0.25) is 0 Å². The van der Waals surface area contributed by atoms with Crippen molar-refractivity contribution in [1.29, 1.82) is 0 Å². The summed E-state index contributed by atoms with van der Waals surface area (Å²) in [6.07, 6.45) is 0. The number of nitrogens with two attached hydrogens (primary N) is 1. The van der Waals surface area contributed by atoms with Crippen molar-refractivity contribution in [3.63, 3.8) is 0 Å². The monoisotopic (exact) mass is 333 g/mol. The van der Waals surface area contributed by atoms with Crippen molar-refractivity contribution >= 4 is 44.2 Å². The molecule has 0 aliphatic carbocycles. The summed E-state index contributed by atoms with van der Waals surface area (Å²) in [7, 11) is 0. The number of hydrogen-bond donors (Lipinski definition) is 1. The molecule has 0 saturated heterocycles. The van der Waals surface area contributed by atoms with E-state index >= 15 is 0 Å². The second-order valence-corrected chi connectivity index (χ2v) is 3.82. The number of benzene rings is 1. The maximum absolute atomic E-state index is 12.8. The van der Waals surface area contributed by atoms with Gasteiger partial charge in [-0.1, -0.05) is 0 Å². The lowest BCUT2D eigenvalue weighted by molar-refractivity contribution is 0.500. The van der Waals surface area contributed by atoms with Crippen LogP contribution in [0.5, 0.6) is 0 Å². The minimum absolute atomic E-state index is 0.0490. The van der Waals surface area contributed by atoms with Crippen molar-refractivity contribution in [1.82, 2.24) is 0 Å². The summed E-state index contributed by atoms with van der Waals surface area (Å²) >= 11 is 4.48. The van der Waals surface area contributed by atoms with Crippen LogP contribution in [0.1, 0.15) is 0 Å². The number of rotatable bonds is 0. The SMILES string of the molecule is Nc1cc(Br)c(F)c(F)c1I. The van der Waals surface area contributed by atoms with Crippen molar-refractivity contribution in [2.24, 2.45) is 0 Å². The molecule has 0 bridgehead atoms. The van der Waals surface area contributed by atoms with Gasteiger partial charge in [0.25, 0.3) is 0 Å². The molecule has 5 heteroatoms. The van der Waals surface area contributed by atoms with Gasteiger partial charge in [0.1, 0.15) is 0 Å². The van der Waals surface area contributed by atoms with E-state index in [0.29, 0.717) is 0 Å². The largest absolute Gasteiger partial charge is 0.398 e. The Kier molecular flexibility index (Phi) is 2.69. The zero-order valence-corrected chi connectivity index (χ0v) is 8.91. The zero-order valence-electron chi connectivity index (χ0n) is 5.17. The van der Waals surface area contributed by atoms with Gasteiger partial charge in [0.15, 0.2) is 11.6 Å². The fraction of sp³-hybridized carbons (Fsp3) is 0. The third-order valence-corrected chi connectivity index (χ3v) is 2.80. The van der Waals surface area contributed by atoms with E-state index in [1.54, 1.807) is 22.6 Å². The van der Waals surface area contributed by atoms with Gasteiger partial charge in [0.05, 0.1) is 8.04 Å². The van der Waals surface area contributed by atoms with Gasteiger partial charge >= 0.3 is 0 Å². The molecule has 60 valence electrons. The lowest BCUT2D eigenvalue weighted by atomic mass is 10.3. The molecule has 0 heterocycles. The highest BCUT2D eigenvalue weighted by Gasteiger charge is 2.12. The Balaban J connectivity index is 3.46. The Morgan fingerprint density at radius 3 is 2.45 bits per heavy atom. The summed E-state index contributed by atoms with van der Waals surface area (Å²) < 4.78 is 25.6. The topological polar surface area (TPSA) is 26.0 Å². The second kappa shape index (κ2) is 3.22. The number of anilines is 1. The van der Waals surface area contributed by atoms with E-state index in [4.69, 9.17) is 5.73 Å². The minimum atomic E-state index is -0.905. The van der Waals surface area contributed by atoms with E-state index in [1.807, 2.05) is 0 Å². The highest BCUT2D eigenvalue weighted by molar-refractivity contribution is 14.1. The second-order valence-electron chi connectivity index (χ2n) is 1.89. The molecule has 0 unspecified atom stereocenters. The van der Waals surface area contributed by atoms with Crippen molar-refractivity contribution in [3.8, 4) is 0 Å². The van der Waals surface area contributed by atoms with Crippen LogP contribution in [0.15, 0.2) is 10.5 Å². The fourth-order valence-corrected chi connectivity index (χ4v) is 1.40. The molecule has 1 nitrogen and oxygen atoms in total. The highest BCUT2D eigenvalue weighted by atomic mass is 127. The van der Waals surface area contributed by atoms with Gasteiger partial charge < -0.3 is 5.73 Å². The lowest BCUT2D eigenvalue weighted by Crippen LogP contribution is -1.97. The summed E-state index contributed by atoms with van der Waals surface area (Å²) in [6, 6.07) is 1.33. The first kappa shape index (κ1) is 9.18. The van der Waals surface area contributed by atoms with Gasteiger partial charge in [-0.05, 0) is 44.6 Å². The first-order chi connectivity index (χ1) is 5.04. The molecule has 2 N–H and O–H groups in total. The fourth-order valence-electron chi connectivity index (χ4n) is 0.591. The Morgan fingerprint density at radius 1 is 1.36 bits per heavy atom. The van der Waals surface area contributed by atoms with E-state index in [2.05, 4.69) is 15.9 Å². The molecule has 1 rings (SSSR count). The molecule has 1 aromatic rings. The van der Waals surface area contributed by atoms with Crippen molar-refractivity contribution in [2.45, 2.75) is 0 Å². The Hall–Kier alpha value is 0.0900. The molecular formula is C6H3BrF2IN. The molecule has 1 aromatic carbocycles. The average Bonchev–Trinajstić information content (AvgIpc) is 1.97. The summed E-state index contributed by atoms with van der Waals surface area (Å²) in [4.78, 5) is 0. The third-order valence-electron chi connectivity index (χ3n) is 1.13. The Labute approximate surface area is 84.2 Å². The maximum atomic E-state index is 12.8. The molecule has 11 heavy (non-hydrogen) atoms. The summed E-state index contributed by atoms with van der Waals surface area (Å²) in [5, 5.41) is 0. The number of halogens is 4. The van der Waals surface area contributed by atoms with E-state index in [-0.39, 0.29) is 13.7 Å². The number of hydrogen-bond acceptors (Lipinski definition) is 1. The summed E-state index contributed by atoms with van der Waals surface area (Å²) in [5.41, 5.74) is 5.58. The Morgan fingerprint density at radius 2 is 1.91 bits per heavy atom. The van der Waals surface area contributed by atoms with Crippen LogP contribution in [0.2, 0.25) is 0 Å². The average molecular weight is 334 g/mol. The van der Waals surface area contributed by atoms with Crippen molar-refractivity contribution in [3.05, 3.63) is 25.7 Å². The predicted molar refractivity (Wildman–Crippen MR) is 51.2 cm³/mol. The summed E-state index contributed by atoms with van der Waals surface area (Å²) in [6.45, 7) is 0. The van der Waals surface area contributed by atoms with Gasteiger partial charge in [0, 0.05) is 5.69 Å². The molecule has 0 saturated carbocycles. The first-order valence-electron chi connectivity index (χ1n) is 2.62. The first-order valence-corrected chi connectivity index (χ1v) is 4.49. The lowest BCUT2D eigenvalue weighted by Gasteiger charge is -2.02. The molecule has 0 fully saturated rings. The molecule has 0 aliphatic rings. The van der Waals surface area contributed by atoms with Crippen molar-refractivity contribution < 1.29 is 8.78 Å². The van der Waals surface area contributed by atoms with E-state index in [9.17, 15) is 8.78 Å². The standard InChI is InChI=1S/C6H3BrF2IN/c7-2-1-3(11)6(10)5(9)4(2)8/h1H,11H2. The molecule has 0 amide bonds. The van der Waals surface area contributed by atoms with Crippen LogP contribution in [0.3, 0.4) is 0 Å². The van der Waals surface area contributed by atoms with E-state index in [0.717, 1.165) is 0 Å². The molecule has 0 spiro atoms. The molecule has 0 aromatic heterocycles. The van der Waals surface area contributed by atoms with Crippen LogP contribution in [0.25, 0.3) is 0 Å². The molecule has 0 radical (unpaired) electrons. The van der Waals surface area contributed by atoms with Crippen LogP contribution in [0.4, 0.5) is 14.5 Å². The molecule has 0 aliphatic heterocycles. The number of nitrogen functional groups attached to an aromatic ring is 1. The normalized spacial score (nSPS) is 10.2. The smallest absolute Gasteiger partial charge is 0.175 e. The van der Waals surface area contributed by atoms with Gasteiger partial charge in [-0.25, -0.2) is 8.78 Å². The van der Waals surface area contributed by atoms with Gasteiger partial charge in [-0.2, -0.15) is 0 Å². The van der Waals surface area contributed by atoms with Crippen LogP contribution < -0.4 is 5.73 Å². The summed E-state index contributed by atoms with van der Waals surface area (Å²) in [5.74, 6) is -1.80. The minimum Gasteiger partial charge on any atom is -0.398 e. The third kappa shape index (κ3) is 1.64. The predicted octanol–water partition coefficient (Wildman–Crippen LogP) is 2.91. The molecule has 0 atom stereocenters. The van der Waals surface area contributed by atoms with Gasteiger partial charge in [-0.15, -0.1) is 0 Å². The van der Waals surface area contributed by atoms with Crippen LogP contribution in [-0.2, 0) is 0 Å². The van der Waals surface area contributed by atoms with E-state index < -0.39 is 11.6 Å². The molecular weight excluding hydrogens is 331 g/mol. The quantitative estimate of drug-likeness (QED) is 0.336. The van der Waals surface area contributed by atoms with E-state index in [1.165, 1.54) is 6.07 Å². The van der Waals surface area contributed by atoms with Crippen LogP contribution in [0, 0.1) is 15.2 Å². The van der Waals surface area contributed by atoms with Crippen molar-refractivity contribution in [2.75, 3.05) is 5.73 Å². The van der Waals surface area contributed by atoms with Crippen LogP contribution in [-0.4, -0.2) is 0 Å². The highest BCUT2D eigenvalue weighted by Crippen LogP contribution is 2.27.